The summed E-state index contributed by atoms with van der Waals surface area (Å²) in [4.78, 5) is 0. The van der Waals surface area contributed by atoms with Gasteiger partial charge in [-0.1, -0.05) is 20.8 Å². The first-order chi connectivity index (χ1) is 4.63. The minimum Gasteiger partial charge on any atom is -0.396 e. The van der Waals surface area contributed by atoms with Crippen LogP contribution in [0.4, 0.5) is 0 Å². The summed E-state index contributed by atoms with van der Waals surface area (Å²) in [5.41, 5.74) is 0. The topological polar surface area (TPSA) is 40.5 Å². The zero-order valence-electron chi connectivity index (χ0n) is 7.04. The van der Waals surface area contributed by atoms with E-state index in [2.05, 4.69) is 6.92 Å². The lowest BCUT2D eigenvalue weighted by molar-refractivity contribution is 0.124. The van der Waals surface area contributed by atoms with Gasteiger partial charge in [-0.15, -0.1) is 0 Å². The fraction of sp³-hybridized carbons (Fsp3) is 1.00. The first-order valence-corrected chi connectivity index (χ1v) is 3.85. The van der Waals surface area contributed by atoms with Crippen molar-refractivity contribution in [3.05, 3.63) is 0 Å². The second-order valence-corrected chi connectivity index (χ2v) is 3.18. The Bertz CT molecular complexity index is 73.3. The van der Waals surface area contributed by atoms with Crippen molar-refractivity contribution in [1.82, 2.24) is 0 Å². The van der Waals surface area contributed by atoms with Gasteiger partial charge in [0.15, 0.2) is 0 Å². The predicted molar refractivity (Wildman–Crippen MR) is 41.7 cm³/mol. The number of hydrogen-bond donors (Lipinski definition) is 2. The highest BCUT2D eigenvalue weighted by atomic mass is 16.3. The third-order valence-electron chi connectivity index (χ3n) is 2.37. The van der Waals surface area contributed by atoms with Crippen molar-refractivity contribution in [2.75, 3.05) is 13.2 Å². The monoisotopic (exact) mass is 146 g/mol. The molecule has 0 saturated carbocycles. The maximum atomic E-state index is 8.77. The van der Waals surface area contributed by atoms with Crippen LogP contribution in [0, 0.1) is 17.8 Å². The molecule has 0 saturated heterocycles. The number of aliphatic hydroxyl groups excluding tert-OH is 2. The zero-order valence-corrected chi connectivity index (χ0v) is 7.04. The molecule has 0 aromatic heterocycles. The molecular weight excluding hydrogens is 128 g/mol. The average molecular weight is 146 g/mol. The molecule has 62 valence electrons. The summed E-state index contributed by atoms with van der Waals surface area (Å²) in [5, 5.41) is 17.5. The largest absolute Gasteiger partial charge is 0.396 e. The maximum absolute atomic E-state index is 8.77. The summed E-state index contributed by atoms with van der Waals surface area (Å²) in [5.74, 6) is 0.985. The van der Waals surface area contributed by atoms with Gasteiger partial charge in [0.1, 0.15) is 0 Å². The Hall–Kier alpha value is -0.0800. The van der Waals surface area contributed by atoms with Gasteiger partial charge < -0.3 is 10.2 Å². The van der Waals surface area contributed by atoms with Crippen LogP contribution >= 0.6 is 0 Å². The lowest BCUT2D eigenvalue weighted by Gasteiger charge is -2.22. The second-order valence-electron chi connectivity index (χ2n) is 3.18. The molecule has 0 aromatic carbocycles. The van der Waals surface area contributed by atoms with Crippen LogP contribution in [-0.2, 0) is 0 Å². The summed E-state index contributed by atoms with van der Waals surface area (Å²) < 4.78 is 0. The molecular formula is C8H18O2. The fourth-order valence-corrected chi connectivity index (χ4v) is 0.893. The first kappa shape index (κ1) is 9.92. The third kappa shape index (κ3) is 2.67. The van der Waals surface area contributed by atoms with Crippen molar-refractivity contribution in [1.29, 1.82) is 0 Å². The highest BCUT2D eigenvalue weighted by Crippen LogP contribution is 2.19. The molecule has 2 heteroatoms. The van der Waals surface area contributed by atoms with Crippen LogP contribution in [0.15, 0.2) is 0 Å². The summed E-state index contributed by atoms with van der Waals surface area (Å²) in [7, 11) is 0. The second kappa shape index (κ2) is 4.69. The Morgan fingerprint density at radius 1 is 0.900 bits per heavy atom. The van der Waals surface area contributed by atoms with Gasteiger partial charge in [-0.25, -0.2) is 0 Å². The minimum atomic E-state index is 0.214. The number of rotatable bonds is 4. The highest BCUT2D eigenvalue weighted by molar-refractivity contribution is 4.66. The van der Waals surface area contributed by atoms with Crippen LogP contribution < -0.4 is 0 Å². The van der Waals surface area contributed by atoms with Crippen LogP contribution in [0.3, 0.4) is 0 Å². The molecule has 2 nitrogen and oxygen atoms in total. The minimum absolute atomic E-state index is 0.214. The van der Waals surface area contributed by atoms with Gasteiger partial charge in [0.2, 0.25) is 0 Å². The SMILES string of the molecule is CC(CO)C(C)C(C)CO. The average Bonchev–Trinajstić information content (AvgIpc) is 2.00. The molecule has 0 radical (unpaired) electrons. The normalized spacial score (nSPS) is 20.1. The van der Waals surface area contributed by atoms with E-state index in [1.807, 2.05) is 13.8 Å². The van der Waals surface area contributed by atoms with Crippen molar-refractivity contribution in [3.63, 3.8) is 0 Å². The smallest absolute Gasteiger partial charge is 0.0459 e. The Labute approximate surface area is 62.9 Å². The van der Waals surface area contributed by atoms with Crippen LogP contribution in [0.1, 0.15) is 20.8 Å². The lowest BCUT2D eigenvalue weighted by atomic mass is 9.86. The predicted octanol–water partition coefficient (Wildman–Crippen LogP) is 0.879. The van der Waals surface area contributed by atoms with E-state index in [1.165, 1.54) is 0 Å². The van der Waals surface area contributed by atoms with Gasteiger partial charge in [0.25, 0.3) is 0 Å². The van der Waals surface area contributed by atoms with E-state index in [0.717, 1.165) is 0 Å². The molecule has 0 amide bonds. The maximum Gasteiger partial charge on any atom is 0.0459 e. The summed E-state index contributed by atoms with van der Waals surface area (Å²) >= 11 is 0. The molecule has 0 aliphatic rings. The first-order valence-electron chi connectivity index (χ1n) is 3.85. The third-order valence-corrected chi connectivity index (χ3v) is 2.37. The number of hydrogen-bond acceptors (Lipinski definition) is 2. The Morgan fingerprint density at radius 3 is 1.40 bits per heavy atom. The standard InChI is InChI=1S/C8H18O2/c1-6(4-9)8(3)7(2)5-10/h6-10H,4-5H2,1-3H3. The van der Waals surface area contributed by atoms with E-state index in [4.69, 9.17) is 10.2 Å². The van der Waals surface area contributed by atoms with E-state index in [9.17, 15) is 0 Å². The Balaban J connectivity index is 3.69. The van der Waals surface area contributed by atoms with Gasteiger partial charge in [0, 0.05) is 13.2 Å². The van der Waals surface area contributed by atoms with Crippen molar-refractivity contribution < 1.29 is 10.2 Å². The van der Waals surface area contributed by atoms with Crippen LogP contribution in [-0.4, -0.2) is 23.4 Å². The van der Waals surface area contributed by atoms with Crippen LogP contribution in [0.2, 0.25) is 0 Å². The molecule has 10 heavy (non-hydrogen) atoms. The van der Waals surface area contributed by atoms with Crippen molar-refractivity contribution >= 4 is 0 Å². The fourth-order valence-electron chi connectivity index (χ4n) is 0.893. The summed E-state index contributed by atoms with van der Waals surface area (Å²) in [6, 6.07) is 0. The van der Waals surface area contributed by atoms with E-state index in [0.29, 0.717) is 17.8 Å². The van der Waals surface area contributed by atoms with Crippen LogP contribution in [0.5, 0.6) is 0 Å². The van der Waals surface area contributed by atoms with Crippen LogP contribution in [0.25, 0.3) is 0 Å². The van der Waals surface area contributed by atoms with Gasteiger partial charge in [-0.05, 0) is 17.8 Å². The Kier molecular flexibility index (Phi) is 4.65. The van der Waals surface area contributed by atoms with Gasteiger partial charge in [-0.2, -0.15) is 0 Å². The molecule has 2 unspecified atom stereocenters. The van der Waals surface area contributed by atoms with Gasteiger partial charge in [0.05, 0.1) is 0 Å². The molecule has 0 fully saturated rings. The van der Waals surface area contributed by atoms with E-state index >= 15 is 0 Å². The van der Waals surface area contributed by atoms with E-state index in [-0.39, 0.29) is 13.2 Å². The zero-order chi connectivity index (χ0) is 8.15. The molecule has 0 aliphatic carbocycles. The molecule has 2 atom stereocenters. The van der Waals surface area contributed by atoms with Crippen molar-refractivity contribution in [2.45, 2.75) is 20.8 Å². The quantitative estimate of drug-likeness (QED) is 0.618. The summed E-state index contributed by atoms with van der Waals surface area (Å²) in [6.07, 6.45) is 0. The lowest BCUT2D eigenvalue weighted by Crippen LogP contribution is -2.21. The molecule has 0 aliphatic heterocycles. The van der Waals surface area contributed by atoms with Gasteiger partial charge >= 0.3 is 0 Å². The molecule has 0 spiro atoms. The van der Waals surface area contributed by atoms with Crippen molar-refractivity contribution in [2.24, 2.45) is 17.8 Å². The molecule has 0 heterocycles. The number of aliphatic hydroxyl groups is 2. The highest BCUT2D eigenvalue weighted by Gasteiger charge is 2.16. The molecule has 0 aromatic rings. The van der Waals surface area contributed by atoms with E-state index in [1.54, 1.807) is 0 Å². The molecule has 0 bridgehead atoms. The van der Waals surface area contributed by atoms with E-state index < -0.39 is 0 Å². The molecule has 0 rings (SSSR count). The van der Waals surface area contributed by atoms with Gasteiger partial charge in [-0.3, -0.25) is 0 Å². The molecule has 2 N–H and O–H groups in total. The van der Waals surface area contributed by atoms with Crippen molar-refractivity contribution in [3.8, 4) is 0 Å². The Morgan fingerprint density at radius 2 is 1.20 bits per heavy atom. The summed E-state index contributed by atoms with van der Waals surface area (Å²) in [6.45, 7) is 6.48.